The second-order valence-corrected chi connectivity index (χ2v) is 2.63. The number of ketones is 1. The van der Waals surface area contributed by atoms with E-state index in [1.165, 1.54) is 0 Å². The van der Waals surface area contributed by atoms with E-state index in [4.69, 9.17) is 23.2 Å². The lowest BCUT2D eigenvalue weighted by atomic mass is 10.1. The summed E-state index contributed by atoms with van der Waals surface area (Å²) in [6.45, 7) is 0.540. The first-order valence-corrected chi connectivity index (χ1v) is 3.96. The number of hydrogen-bond acceptors (Lipinski definition) is 2. The van der Waals surface area contributed by atoms with E-state index in [-0.39, 0.29) is 11.7 Å². The number of alkyl halides is 1. The van der Waals surface area contributed by atoms with Gasteiger partial charge in [-0.1, -0.05) is 11.6 Å². The Labute approximate surface area is 74.9 Å². The molecule has 1 aliphatic rings. The predicted octanol–water partition coefficient (Wildman–Crippen LogP) is 1.21. The van der Waals surface area contributed by atoms with Gasteiger partial charge in [-0.25, -0.2) is 0 Å². The van der Waals surface area contributed by atoms with Gasteiger partial charge in [0, 0.05) is 6.54 Å². The largest absolute Gasteiger partial charge is 0.371 e. The van der Waals surface area contributed by atoms with E-state index in [2.05, 4.69) is 11.4 Å². The third-order valence-corrected chi connectivity index (χ3v) is 1.83. The molecule has 59 valence electrons. The Kier molecular flexibility index (Phi) is 2.97. The fourth-order valence-corrected chi connectivity index (χ4v) is 1.09. The summed E-state index contributed by atoms with van der Waals surface area (Å²) in [5.74, 6) is -0.234. The third kappa shape index (κ3) is 1.98. The molecule has 0 fully saturated rings. The maximum absolute atomic E-state index is 11.0. The quantitative estimate of drug-likeness (QED) is 0.525. The second kappa shape index (κ2) is 3.79. The zero-order valence-electron chi connectivity index (χ0n) is 5.66. The van der Waals surface area contributed by atoms with E-state index in [1.54, 1.807) is 6.08 Å². The summed E-state index contributed by atoms with van der Waals surface area (Å²) in [5, 5.41) is 3.13. The number of dihydropyridines is 1. The highest BCUT2D eigenvalue weighted by molar-refractivity contribution is 6.36. The third-order valence-electron chi connectivity index (χ3n) is 1.25. The second-order valence-electron chi connectivity index (χ2n) is 1.99. The van der Waals surface area contributed by atoms with Gasteiger partial charge in [0.15, 0.2) is 5.78 Å². The molecule has 4 heteroatoms. The van der Waals surface area contributed by atoms with Gasteiger partial charge >= 0.3 is 0 Å². The van der Waals surface area contributed by atoms with Gasteiger partial charge in [0.1, 0.15) is 5.16 Å². The van der Waals surface area contributed by atoms with Gasteiger partial charge in [0.25, 0.3) is 0 Å². The summed E-state index contributed by atoms with van der Waals surface area (Å²) in [6, 6.07) is 0. The molecule has 2 nitrogen and oxygen atoms in total. The van der Waals surface area contributed by atoms with Crippen LogP contribution in [0.4, 0.5) is 0 Å². The topological polar surface area (TPSA) is 29.1 Å². The van der Waals surface area contributed by atoms with Crippen LogP contribution in [0.1, 0.15) is 0 Å². The van der Waals surface area contributed by atoms with Gasteiger partial charge < -0.3 is 5.32 Å². The molecule has 0 aromatic rings. The number of rotatable bonds is 2. The highest BCUT2D eigenvalue weighted by Crippen LogP contribution is 2.12. The van der Waals surface area contributed by atoms with Crippen LogP contribution in [0.3, 0.4) is 0 Å². The average Bonchev–Trinajstić information content (AvgIpc) is 2.04. The number of hydrogen-bond donors (Lipinski definition) is 1. The molecule has 0 amide bonds. The van der Waals surface area contributed by atoms with Gasteiger partial charge in [-0.05, 0) is 12.2 Å². The molecule has 0 saturated heterocycles. The van der Waals surface area contributed by atoms with E-state index in [0.29, 0.717) is 17.3 Å². The van der Waals surface area contributed by atoms with Gasteiger partial charge in [0.05, 0.1) is 11.5 Å². The number of allylic oxidation sites excluding steroid dienone is 2. The van der Waals surface area contributed by atoms with Crippen LogP contribution in [0.5, 0.6) is 0 Å². The molecule has 0 bridgehead atoms. The molecule has 0 aliphatic carbocycles. The van der Waals surface area contributed by atoms with Crippen LogP contribution in [0.15, 0.2) is 16.8 Å². The number of carbonyl (C=O) groups excluding carboxylic acids is 1. The highest BCUT2D eigenvalue weighted by Gasteiger charge is 2.12. The Balaban J connectivity index is 2.83. The van der Waals surface area contributed by atoms with Crippen LogP contribution >= 0.6 is 23.2 Å². The molecule has 0 aromatic heterocycles. The zero-order chi connectivity index (χ0) is 8.27. The highest BCUT2D eigenvalue weighted by atomic mass is 35.5. The van der Waals surface area contributed by atoms with Crippen molar-refractivity contribution < 1.29 is 4.79 Å². The van der Waals surface area contributed by atoms with Crippen LogP contribution < -0.4 is 5.32 Å². The molecule has 1 rings (SSSR count). The normalized spacial score (nSPS) is 16.5. The fraction of sp³-hybridized carbons (Fsp3) is 0.286. The lowest BCUT2D eigenvalue weighted by molar-refractivity contribution is -0.113. The van der Waals surface area contributed by atoms with Crippen molar-refractivity contribution in [1.29, 1.82) is 0 Å². The minimum Gasteiger partial charge on any atom is -0.371 e. The lowest BCUT2D eigenvalue weighted by Gasteiger charge is -2.09. The molecular weight excluding hydrogens is 185 g/mol. The van der Waals surface area contributed by atoms with Crippen molar-refractivity contribution in [1.82, 2.24) is 5.32 Å². The number of nitrogens with one attached hydrogen (secondary N) is 1. The molecule has 1 aliphatic heterocycles. The van der Waals surface area contributed by atoms with Crippen molar-refractivity contribution in [2.45, 2.75) is 0 Å². The monoisotopic (exact) mass is 190 g/mol. The Morgan fingerprint density at radius 1 is 1.82 bits per heavy atom. The molecule has 0 spiro atoms. The standard InChI is InChI=1S/C7H6Cl2NO/c8-4-6(11)5-2-1-3-10-7(5)9/h2,10H,3-4H2. The summed E-state index contributed by atoms with van der Waals surface area (Å²) in [4.78, 5) is 11.0. The van der Waals surface area contributed by atoms with Crippen molar-refractivity contribution >= 4 is 29.0 Å². The molecule has 0 atom stereocenters. The van der Waals surface area contributed by atoms with Crippen molar-refractivity contribution in [3.63, 3.8) is 0 Å². The van der Waals surface area contributed by atoms with Crippen LogP contribution in [0.2, 0.25) is 0 Å². The molecule has 0 saturated carbocycles. The Morgan fingerprint density at radius 3 is 3.09 bits per heavy atom. The summed E-state index contributed by atoms with van der Waals surface area (Å²) in [7, 11) is 0. The van der Waals surface area contributed by atoms with Gasteiger partial charge in [-0.2, -0.15) is 0 Å². The number of carbonyl (C=O) groups is 1. The number of Topliss-reactive ketones (excluding diaryl/α,β-unsaturated/α-hetero) is 1. The molecule has 1 heterocycles. The van der Waals surface area contributed by atoms with Crippen LogP contribution in [-0.4, -0.2) is 18.2 Å². The molecular formula is C7H6Cl2NO. The first-order valence-electron chi connectivity index (χ1n) is 3.05. The van der Waals surface area contributed by atoms with Gasteiger partial charge in [0.2, 0.25) is 0 Å². The van der Waals surface area contributed by atoms with E-state index in [0.717, 1.165) is 0 Å². The summed E-state index contributed by atoms with van der Waals surface area (Å²) in [5.41, 5.74) is 0.410. The molecule has 0 aromatic carbocycles. The predicted molar refractivity (Wildman–Crippen MR) is 44.4 cm³/mol. The van der Waals surface area contributed by atoms with Gasteiger partial charge in [-0.15, -0.1) is 11.6 Å². The van der Waals surface area contributed by atoms with Crippen LogP contribution in [-0.2, 0) is 4.79 Å². The van der Waals surface area contributed by atoms with E-state index in [9.17, 15) is 4.79 Å². The Morgan fingerprint density at radius 2 is 2.55 bits per heavy atom. The summed E-state index contributed by atoms with van der Waals surface area (Å²) >= 11 is 11.0. The van der Waals surface area contributed by atoms with Gasteiger partial charge in [-0.3, -0.25) is 4.79 Å². The van der Waals surface area contributed by atoms with Crippen LogP contribution in [0, 0.1) is 6.08 Å². The lowest BCUT2D eigenvalue weighted by Crippen LogP contribution is -2.19. The van der Waals surface area contributed by atoms with E-state index >= 15 is 0 Å². The van der Waals surface area contributed by atoms with Crippen molar-refractivity contribution in [2.75, 3.05) is 12.4 Å². The summed E-state index contributed by atoms with van der Waals surface area (Å²) < 4.78 is 0. The van der Waals surface area contributed by atoms with Crippen molar-refractivity contribution in [2.24, 2.45) is 0 Å². The minimum atomic E-state index is -0.184. The van der Waals surface area contributed by atoms with Crippen molar-refractivity contribution in [3.05, 3.63) is 22.9 Å². The Hall–Kier alpha value is -0.470. The maximum atomic E-state index is 11.0. The average molecular weight is 191 g/mol. The number of halogens is 2. The van der Waals surface area contributed by atoms with Crippen LogP contribution in [0.25, 0.3) is 0 Å². The minimum absolute atomic E-state index is 0.0502. The van der Waals surface area contributed by atoms with Crippen molar-refractivity contribution in [3.8, 4) is 0 Å². The van der Waals surface area contributed by atoms with E-state index < -0.39 is 0 Å². The maximum Gasteiger partial charge on any atom is 0.180 e. The molecule has 1 radical (unpaired) electrons. The first-order chi connectivity index (χ1) is 5.25. The Bertz CT molecular complexity index is 233. The SMILES string of the molecule is O=C(CCl)C1=C(Cl)NC[C]=C1. The molecule has 0 unspecified atom stereocenters. The van der Waals surface area contributed by atoms with E-state index in [1.807, 2.05) is 0 Å². The summed E-state index contributed by atoms with van der Waals surface area (Å²) in [6.07, 6.45) is 4.38. The smallest absolute Gasteiger partial charge is 0.180 e. The molecule has 11 heavy (non-hydrogen) atoms. The first kappa shape index (κ1) is 8.62. The fourth-order valence-electron chi connectivity index (χ4n) is 0.715. The zero-order valence-corrected chi connectivity index (χ0v) is 7.17. The molecule has 1 N–H and O–H groups in total.